The van der Waals surface area contributed by atoms with Crippen LogP contribution in [0.25, 0.3) is 0 Å². The molecule has 29 heavy (non-hydrogen) atoms. The van der Waals surface area contributed by atoms with Crippen molar-refractivity contribution in [2.45, 2.75) is 44.8 Å². The lowest BCUT2D eigenvalue weighted by Crippen LogP contribution is -2.45. The fraction of sp³-hybridized carbons (Fsp3) is 0.526. The Labute approximate surface area is 171 Å². The molecule has 0 amide bonds. The summed E-state index contributed by atoms with van der Waals surface area (Å²) in [5.74, 6) is 0.753. The van der Waals surface area contributed by atoms with Gasteiger partial charge in [0, 0.05) is 49.2 Å². The number of hydrogen-bond acceptors (Lipinski definition) is 7. The number of fused-ring (bicyclic) bond motifs is 2. The van der Waals surface area contributed by atoms with Gasteiger partial charge in [-0.2, -0.15) is 10.2 Å². The van der Waals surface area contributed by atoms with Crippen LogP contribution in [0, 0.1) is 6.92 Å². The smallest absolute Gasteiger partial charge is 0.298 e. The molecule has 3 aromatic rings. The van der Waals surface area contributed by atoms with Crippen molar-refractivity contribution in [2.24, 2.45) is 7.05 Å². The highest BCUT2D eigenvalue weighted by Gasteiger charge is 2.47. The van der Waals surface area contributed by atoms with E-state index in [1.807, 2.05) is 36.4 Å². The highest BCUT2D eigenvalue weighted by atomic mass is 32.1. The first-order valence-electron chi connectivity index (χ1n) is 9.77. The van der Waals surface area contributed by atoms with Crippen LogP contribution in [0.2, 0.25) is 0 Å². The van der Waals surface area contributed by atoms with Gasteiger partial charge in [0.05, 0.1) is 23.4 Å². The van der Waals surface area contributed by atoms with Gasteiger partial charge in [0.15, 0.2) is 0 Å². The van der Waals surface area contributed by atoms with Crippen LogP contribution in [0.15, 0.2) is 27.4 Å². The molecule has 0 N–H and O–H groups in total. The Balaban J connectivity index is 1.45. The van der Waals surface area contributed by atoms with Crippen molar-refractivity contribution >= 4 is 11.3 Å². The lowest BCUT2D eigenvalue weighted by atomic mass is 9.85. The van der Waals surface area contributed by atoms with E-state index in [4.69, 9.17) is 0 Å². The van der Waals surface area contributed by atoms with E-state index in [0.29, 0.717) is 6.54 Å². The highest BCUT2D eigenvalue weighted by molar-refractivity contribution is 7.09. The lowest BCUT2D eigenvalue weighted by molar-refractivity contribution is 0.298. The van der Waals surface area contributed by atoms with E-state index in [1.54, 1.807) is 4.57 Å². The van der Waals surface area contributed by atoms with Gasteiger partial charge in [-0.3, -0.25) is 23.7 Å². The molecule has 0 aromatic carbocycles. The number of nitrogens with zero attached hydrogens (tertiary/aromatic N) is 7. The zero-order chi connectivity index (χ0) is 20.2. The van der Waals surface area contributed by atoms with E-state index in [2.05, 4.69) is 20.1 Å². The molecule has 10 heteroatoms. The standard InChI is InChI=1S/C19H23N7O2S/c1-13-21-15(11-29-13)10-26-17(28)16(27)25-6-4-19(18(25)22-26)3-5-24(12-19)9-14-7-20-23(2)8-14/h7-8,11H,3-6,9-10,12H2,1-2H3. The zero-order valence-corrected chi connectivity index (χ0v) is 17.4. The molecule has 1 atom stereocenters. The highest BCUT2D eigenvalue weighted by Crippen LogP contribution is 2.40. The largest absolute Gasteiger partial charge is 0.332 e. The fourth-order valence-corrected chi connectivity index (χ4v) is 5.21. The first-order valence-corrected chi connectivity index (χ1v) is 10.6. The minimum atomic E-state index is -0.568. The van der Waals surface area contributed by atoms with Gasteiger partial charge in [0.1, 0.15) is 5.82 Å². The van der Waals surface area contributed by atoms with Gasteiger partial charge in [-0.1, -0.05) is 0 Å². The summed E-state index contributed by atoms with van der Waals surface area (Å²) < 4.78 is 4.71. The van der Waals surface area contributed by atoms with Crippen molar-refractivity contribution in [2.75, 3.05) is 13.1 Å². The first kappa shape index (κ1) is 18.4. The third-order valence-corrected chi connectivity index (χ3v) is 6.82. The van der Waals surface area contributed by atoms with E-state index < -0.39 is 11.1 Å². The molecule has 9 nitrogen and oxygen atoms in total. The second-order valence-corrected chi connectivity index (χ2v) is 9.18. The van der Waals surface area contributed by atoms with Gasteiger partial charge >= 0.3 is 11.1 Å². The summed E-state index contributed by atoms with van der Waals surface area (Å²) in [6.07, 6.45) is 5.71. The monoisotopic (exact) mass is 413 g/mol. The molecule has 0 saturated carbocycles. The van der Waals surface area contributed by atoms with Gasteiger partial charge in [0.2, 0.25) is 0 Å². The third-order valence-electron chi connectivity index (χ3n) is 6.00. The Morgan fingerprint density at radius 2 is 2.00 bits per heavy atom. The van der Waals surface area contributed by atoms with Crippen LogP contribution >= 0.6 is 11.3 Å². The van der Waals surface area contributed by atoms with Crippen molar-refractivity contribution in [3.05, 3.63) is 60.6 Å². The lowest BCUT2D eigenvalue weighted by Gasteiger charge is -2.23. The quantitative estimate of drug-likeness (QED) is 0.579. The molecule has 5 rings (SSSR count). The Morgan fingerprint density at radius 1 is 1.17 bits per heavy atom. The van der Waals surface area contributed by atoms with E-state index >= 15 is 0 Å². The summed E-state index contributed by atoms with van der Waals surface area (Å²) in [6, 6.07) is 0. The van der Waals surface area contributed by atoms with Crippen molar-refractivity contribution in [3.63, 3.8) is 0 Å². The van der Waals surface area contributed by atoms with Gasteiger partial charge in [0.25, 0.3) is 0 Å². The minimum Gasteiger partial charge on any atom is -0.298 e. The Bertz CT molecular complexity index is 1190. The average Bonchev–Trinajstić information content (AvgIpc) is 3.45. The van der Waals surface area contributed by atoms with Crippen LogP contribution in [0.1, 0.15) is 34.9 Å². The summed E-state index contributed by atoms with van der Waals surface area (Å²) in [6.45, 7) is 5.33. The molecule has 0 bridgehead atoms. The first-order chi connectivity index (χ1) is 13.9. The van der Waals surface area contributed by atoms with Gasteiger partial charge in [-0.15, -0.1) is 11.3 Å². The second kappa shape index (κ2) is 6.74. The fourth-order valence-electron chi connectivity index (χ4n) is 4.61. The topological polar surface area (TPSA) is 90.8 Å². The predicted molar refractivity (Wildman–Crippen MR) is 108 cm³/mol. The van der Waals surface area contributed by atoms with Crippen molar-refractivity contribution in [3.8, 4) is 0 Å². The molecule has 0 radical (unpaired) electrons. The molecule has 5 heterocycles. The summed E-state index contributed by atoms with van der Waals surface area (Å²) >= 11 is 1.53. The number of rotatable bonds is 4. The molecule has 1 fully saturated rings. The van der Waals surface area contributed by atoms with Crippen molar-refractivity contribution in [1.29, 1.82) is 0 Å². The summed E-state index contributed by atoms with van der Waals surface area (Å²) in [5, 5.41) is 11.8. The normalized spacial score (nSPS) is 21.3. The minimum absolute atomic E-state index is 0.172. The van der Waals surface area contributed by atoms with Crippen LogP contribution in [-0.2, 0) is 32.1 Å². The summed E-state index contributed by atoms with van der Waals surface area (Å²) in [4.78, 5) is 32.1. The van der Waals surface area contributed by atoms with Crippen LogP contribution < -0.4 is 11.1 Å². The molecule has 2 aliphatic heterocycles. The van der Waals surface area contributed by atoms with E-state index in [1.165, 1.54) is 21.6 Å². The second-order valence-electron chi connectivity index (χ2n) is 8.11. The Hall–Kier alpha value is -2.59. The van der Waals surface area contributed by atoms with Crippen LogP contribution in [-0.4, -0.2) is 47.1 Å². The molecule has 3 aromatic heterocycles. The molecule has 1 saturated heterocycles. The Kier molecular flexibility index (Phi) is 4.28. The molecular formula is C19H23N7O2S. The molecule has 1 unspecified atom stereocenters. The number of thiazole rings is 1. The Morgan fingerprint density at radius 3 is 2.72 bits per heavy atom. The number of aryl methyl sites for hydroxylation is 2. The maximum Gasteiger partial charge on any atom is 0.332 e. The van der Waals surface area contributed by atoms with Crippen LogP contribution in [0.3, 0.4) is 0 Å². The van der Waals surface area contributed by atoms with Crippen molar-refractivity contribution in [1.82, 2.24) is 34.0 Å². The van der Waals surface area contributed by atoms with E-state index in [0.717, 1.165) is 49.0 Å². The van der Waals surface area contributed by atoms with Gasteiger partial charge in [-0.25, -0.2) is 9.67 Å². The van der Waals surface area contributed by atoms with Crippen LogP contribution in [0.5, 0.6) is 0 Å². The SMILES string of the molecule is Cc1nc(Cn2nc3n(c(=O)c2=O)CCC32CCN(Cc3cnn(C)c3)C2)cs1. The zero-order valence-electron chi connectivity index (χ0n) is 16.5. The molecule has 1 spiro atoms. The van der Waals surface area contributed by atoms with Crippen LogP contribution in [0.4, 0.5) is 0 Å². The van der Waals surface area contributed by atoms with Gasteiger partial charge in [-0.05, 0) is 26.3 Å². The number of likely N-dealkylation sites (tertiary alicyclic amines) is 1. The number of hydrogen-bond donors (Lipinski definition) is 0. The summed E-state index contributed by atoms with van der Waals surface area (Å²) in [5.41, 5.74) is 0.737. The van der Waals surface area contributed by atoms with E-state index in [9.17, 15) is 9.59 Å². The van der Waals surface area contributed by atoms with E-state index in [-0.39, 0.29) is 12.0 Å². The molecular weight excluding hydrogens is 390 g/mol. The predicted octanol–water partition coefficient (Wildman–Crippen LogP) is 0.499. The van der Waals surface area contributed by atoms with Crippen molar-refractivity contribution < 1.29 is 0 Å². The summed E-state index contributed by atoms with van der Waals surface area (Å²) in [7, 11) is 1.92. The maximum absolute atomic E-state index is 12.7. The molecule has 0 aliphatic carbocycles. The molecule has 2 aliphatic rings. The molecule has 152 valence electrons. The third kappa shape index (κ3) is 3.16. The number of aromatic nitrogens is 6. The average molecular weight is 414 g/mol. The maximum atomic E-state index is 12.7. The van der Waals surface area contributed by atoms with Gasteiger partial charge < -0.3 is 0 Å².